The average molecular weight is 434 g/mol. The second kappa shape index (κ2) is 8.02. The molecule has 1 unspecified atom stereocenters. The van der Waals surface area contributed by atoms with E-state index in [2.05, 4.69) is 36.4 Å². The molecule has 0 aliphatic carbocycles. The van der Waals surface area contributed by atoms with E-state index in [4.69, 9.17) is 2.85 Å². The van der Waals surface area contributed by atoms with Crippen molar-refractivity contribution in [3.05, 3.63) is 108 Å². The lowest BCUT2D eigenvalue weighted by Gasteiger charge is -2.33. The highest BCUT2D eigenvalue weighted by atomic mass is 127. The van der Waals surface area contributed by atoms with Gasteiger partial charge in [0, 0.05) is 0 Å². The third-order valence-corrected chi connectivity index (χ3v) is 6.36. The zero-order chi connectivity index (χ0) is 16.0. The smallest absolute Gasteiger partial charge is 0.456 e. The van der Waals surface area contributed by atoms with Gasteiger partial charge < -0.3 is 3.44 Å². The van der Waals surface area contributed by atoms with Crippen LogP contribution in [-0.2, 0) is 8.01 Å². The summed E-state index contributed by atoms with van der Waals surface area (Å²) in [6.45, 7) is 0. The van der Waals surface area contributed by atoms with E-state index in [0.717, 1.165) is 16.7 Å². The summed E-state index contributed by atoms with van der Waals surface area (Å²) >= 11 is -1.47. The Morgan fingerprint density at radius 2 is 1.00 bits per heavy atom. The van der Waals surface area contributed by atoms with E-state index < -0.39 is 27.2 Å². The van der Waals surface area contributed by atoms with Gasteiger partial charge in [-0.2, -0.15) is 0 Å². The standard InChI is InChI=1S/C19H16IO2P/c21-20-22-23-19(16-10-4-1-5-11-16,17-12-6-2-7-13-17)18-14-8-3-9-15-18/h1-15,23H. The number of rotatable bonds is 6. The van der Waals surface area contributed by atoms with E-state index in [1.54, 1.807) is 0 Å². The Hall–Kier alpha value is -1.26. The van der Waals surface area contributed by atoms with Crippen LogP contribution >= 0.6 is 8.81 Å². The molecule has 1 atom stereocenters. The monoisotopic (exact) mass is 434 g/mol. The molecule has 3 rings (SSSR count). The summed E-state index contributed by atoms with van der Waals surface area (Å²) in [6.07, 6.45) is 0. The van der Waals surface area contributed by atoms with Crippen LogP contribution in [-0.4, -0.2) is 0 Å². The minimum atomic E-state index is -1.47. The predicted octanol–water partition coefficient (Wildman–Crippen LogP) is 0.868. The Bertz CT molecular complexity index is 623. The molecule has 0 bridgehead atoms. The van der Waals surface area contributed by atoms with Crippen molar-refractivity contribution in [2.24, 2.45) is 0 Å². The Balaban J connectivity index is 2.25. The first-order chi connectivity index (χ1) is 11.4. The number of hydrogen-bond acceptors (Lipinski definition) is 2. The van der Waals surface area contributed by atoms with Gasteiger partial charge >= 0.3 is 22.0 Å². The zero-order valence-corrected chi connectivity index (χ0v) is 15.5. The number of halogens is 1. The van der Waals surface area contributed by atoms with Crippen molar-refractivity contribution in [2.45, 2.75) is 5.16 Å². The third kappa shape index (κ3) is 3.48. The summed E-state index contributed by atoms with van der Waals surface area (Å²) in [4.78, 5) is 0. The largest absolute Gasteiger partial charge is 0.567 e. The summed E-state index contributed by atoms with van der Waals surface area (Å²) in [7, 11) is 0.0623. The van der Waals surface area contributed by atoms with Crippen LogP contribution in [0.3, 0.4) is 0 Å². The van der Waals surface area contributed by atoms with Gasteiger partial charge in [0.15, 0.2) is 0 Å². The van der Waals surface area contributed by atoms with Gasteiger partial charge in [-0.25, -0.2) is 0 Å². The molecule has 0 aliphatic heterocycles. The summed E-state index contributed by atoms with van der Waals surface area (Å²) in [5.74, 6) is 0. The lowest BCUT2D eigenvalue weighted by Crippen LogP contribution is -3.69. The predicted molar refractivity (Wildman–Crippen MR) is 88.6 cm³/mol. The van der Waals surface area contributed by atoms with E-state index in [9.17, 15) is 3.44 Å². The molecule has 0 fully saturated rings. The van der Waals surface area contributed by atoms with E-state index in [1.165, 1.54) is 0 Å². The molecule has 23 heavy (non-hydrogen) atoms. The molecule has 0 aliphatic rings. The molecule has 0 saturated heterocycles. The van der Waals surface area contributed by atoms with Crippen molar-refractivity contribution in [3.8, 4) is 0 Å². The fraction of sp³-hybridized carbons (Fsp3) is 0.0526. The molecule has 0 radical (unpaired) electrons. The van der Waals surface area contributed by atoms with Gasteiger partial charge in [-0.1, -0.05) is 91.0 Å². The first kappa shape index (κ1) is 16.6. The summed E-state index contributed by atoms with van der Waals surface area (Å²) in [6, 6.07) is 30.9. The summed E-state index contributed by atoms with van der Waals surface area (Å²) in [5, 5.41) is -0.437. The number of benzene rings is 3. The molecule has 116 valence electrons. The molecular formula is C19H16IO2P. The van der Waals surface area contributed by atoms with Crippen molar-refractivity contribution >= 4 is 8.81 Å². The van der Waals surface area contributed by atoms with Crippen LogP contribution < -0.4 is 25.5 Å². The first-order valence-electron chi connectivity index (χ1n) is 7.24. The van der Waals surface area contributed by atoms with Crippen LogP contribution in [0.4, 0.5) is 0 Å². The second-order valence-electron chi connectivity index (χ2n) is 5.09. The molecule has 0 spiro atoms. The highest BCUT2D eigenvalue weighted by Gasteiger charge is 2.38. The minimum Gasteiger partial charge on any atom is -0.567 e. The Morgan fingerprint density at radius 1 is 0.652 bits per heavy atom. The van der Waals surface area contributed by atoms with Crippen molar-refractivity contribution in [3.63, 3.8) is 0 Å². The fourth-order valence-electron chi connectivity index (χ4n) is 2.81. The third-order valence-electron chi connectivity index (χ3n) is 3.84. The molecule has 0 heterocycles. The molecule has 0 saturated carbocycles. The molecular weight excluding hydrogens is 418 g/mol. The van der Waals surface area contributed by atoms with Crippen LogP contribution in [0, 0.1) is 0 Å². The normalized spacial score (nSPS) is 11.9. The molecule has 3 aromatic rings. The average Bonchev–Trinajstić information content (AvgIpc) is 2.65. The Morgan fingerprint density at radius 3 is 1.30 bits per heavy atom. The Kier molecular flexibility index (Phi) is 5.79. The molecule has 2 nitrogen and oxygen atoms in total. The minimum absolute atomic E-state index is 0.0623. The van der Waals surface area contributed by atoms with E-state index in [1.807, 2.05) is 54.6 Å². The van der Waals surface area contributed by atoms with Gasteiger partial charge in [-0.3, -0.25) is 0 Å². The molecule has 3 aromatic carbocycles. The van der Waals surface area contributed by atoms with Crippen molar-refractivity contribution in [1.82, 2.24) is 0 Å². The van der Waals surface area contributed by atoms with Crippen molar-refractivity contribution in [1.29, 1.82) is 0 Å². The number of hydrogen-bond donors (Lipinski definition) is 0. The van der Waals surface area contributed by atoms with Crippen LogP contribution in [0.1, 0.15) is 16.7 Å². The lowest BCUT2D eigenvalue weighted by atomic mass is 9.84. The highest BCUT2D eigenvalue weighted by molar-refractivity contribution is 7.34. The maximum absolute atomic E-state index is 11.2. The Labute approximate surface area is 149 Å². The lowest BCUT2D eigenvalue weighted by molar-refractivity contribution is -1.25. The zero-order valence-electron chi connectivity index (χ0n) is 12.4. The summed E-state index contributed by atoms with van der Waals surface area (Å²) in [5.41, 5.74) is 3.44. The van der Waals surface area contributed by atoms with Crippen molar-refractivity contribution < 1.29 is 28.3 Å². The van der Waals surface area contributed by atoms with Crippen LogP contribution in [0.15, 0.2) is 91.0 Å². The van der Waals surface area contributed by atoms with E-state index in [0.29, 0.717) is 0 Å². The second-order valence-corrected chi connectivity index (χ2v) is 7.88. The fourth-order valence-corrected chi connectivity index (χ4v) is 5.08. The maximum atomic E-state index is 11.2. The van der Waals surface area contributed by atoms with Gasteiger partial charge in [0.1, 0.15) is 0 Å². The molecule has 0 amide bonds. The van der Waals surface area contributed by atoms with Gasteiger partial charge in [0.25, 0.3) is 0 Å². The van der Waals surface area contributed by atoms with Crippen LogP contribution in [0.25, 0.3) is 0 Å². The quantitative estimate of drug-likeness (QED) is 0.328. The first-order valence-corrected chi connectivity index (χ1v) is 9.91. The van der Waals surface area contributed by atoms with E-state index >= 15 is 0 Å². The maximum Gasteiger partial charge on any atom is 0.456 e. The SMILES string of the molecule is [O-][I+]OPC(c1ccccc1)(c1ccccc1)c1ccccc1. The van der Waals surface area contributed by atoms with Crippen LogP contribution in [0.5, 0.6) is 0 Å². The van der Waals surface area contributed by atoms with Gasteiger partial charge in [0.05, 0.1) is 14.0 Å². The topological polar surface area (TPSA) is 32.3 Å². The van der Waals surface area contributed by atoms with Crippen LogP contribution in [0.2, 0.25) is 0 Å². The molecule has 4 heteroatoms. The van der Waals surface area contributed by atoms with Gasteiger partial charge in [-0.05, 0) is 16.7 Å². The van der Waals surface area contributed by atoms with E-state index in [-0.39, 0.29) is 8.81 Å². The molecule has 0 aromatic heterocycles. The summed E-state index contributed by atoms with van der Waals surface area (Å²) < 4.78 is 16.7. The van der Waals surface area contributed by atoms with Crippen molar-refractivity contribution in [2.75, 3.05) is 0 Å². The van der Waals surface area contributed by atoms with Gasteiger partial charge in [-0.15, -0.1) is 2.85 Å². The van der Waals surface area contributed by atoms with Gasteiger partial charge in [0.2, 0.25) is 0 Å². The highest BCUT2D eigenvalue weighted by Crippen LogP contribution is 2.51. The molecule has 0 N–H and O–H groups in total.